The molecule has 32 heavy (non-hydrogen) atoms. The molecule has 0 aromatic heterocycles. The Hall–Kier alpha value is -3.01. The standard InChI is InChI=1S/C22H25ClN4O5/c23-17-3-1-2-4-18(17)30-12-11-26-7-9-27(10-8-26)14-21(28)25-22(29)24-16-5-6-19-20(13-16)32-15-31-19/h1-6,13H,7-12,14-15H2,(H2,24,25,28,29). The highest BCUT2D eigenvalue weighted by Crippen LogP contribution is 2.34. The predicted octanol–water partition coefficient (Wildman–Crippen LogP) is 2.41. The fourth-order valence-corrected chi connectivity index (χ4v) is 3.71. The van der Waals surface area contributed by atoms with Crippen molar-refractivity contribution in [3.8, 4) is 17.2 Å². The first-order chi connectivity index (χ1) is 15.6. The summed E-state index contributed by atoms with van der Waals surface area (Å²) in [7, 11) is 0. The summed E-state index contributed by atoms with van der Waals surface area (Å²) in [6.07, 6.45) is 0. The quantitative estimate of drug-likeness (QED) is 0.655. The van der Waals surface area contributed by atoms with Gasteiger partial charge in [0.25, 0.3) is 0 Å². The number of amides is 3. The highest BCUT2D eigenvalue weighted by Gasteiger charge is 2.20. The SMILES string of the molecule is O=C(CN1CCN(CCOc2ccccc2Cl)CC1)NC(=O)Nc1ccc2c(c1)OCO2. The monoisotopic (exact) mass is 460 g/mol. The van der Waals surface area contributed by atoms with Crippen molar-refractivity contribution in [2.24, 2.45) is 0 Å². The third kappa shape index (κ3) is 6.03. The van der Waals surface area contributed by atoms with E-state index >= 15 is 0 Å². The number of nitrogens with one attached hydrogen (secondary N) is 2. The van der Waals surface area contributed by atoms with E-state index < -0.39 is 6.03 Å². The van der Waals surface area contributed by atoms with Crippen LogP contribution in [0.4, 0.5) is 10.5 Å². The fourth-order valence-electron chi connectivity index (χ4n) is 3.52. The van der Waals surface area contributed by atoms with Gasteiger partial charge in [-0.2, -0.15) is 0 Å². The number of carbonyl (C=O) groups excluding carboxylic acids is 2. The minimum Gasteiger partial charge on any atom is -0.491 e. The summed E-state index contributed by atoms with van der Waals surface area (Å²) in [6.45, 7) is 4.77. The van der Waals surface area contributed by atoms with Crippen LogP contribution in [0.2, 0.25) is 5.02 Å². The maximum atomic E-state index is 12.2. The van der Waals surface area contributed by atoms with Crippen LogP contribution in [0.1, 0.15) is 0 Å². The van der Waals surface area contributed by atoms with Crippen molar-refractivity contribution in [2.45, 2.75) is 0 Å². The molecule has 0 unspecified atom stereocenters. The van der Waals surface area contributed by atoms with Crippen LogP contribution in [0.25, 0.3) is 0 Å². The molecule has 1 fully saturated rings. The molecule has 2 aliphatic heterocycles. The number of carbonyl (C=O) groups is 2. The zero-order chi connectivity index (χ0) is 22.3. The molecule has 0 saturated carbocycles. The minimum atomic E-state index is -0.579. The number of piperazine rings is 1. The molecular weight excluding hydrogens is 436 g/mol. The van der Waals surface area contributed by atoms with Gasteiger partial charge in [-0.1, -0.05) is 23.7 Å². The molecule has 2 N–H and O–H groups in total. The van der Waals surface area contributed by atoms with Gasteiger partial charge in [-0.15, -0.1) is 0 Å². The number of hydrogen-bond acceptors (Lipinski definition) is 7. The van der Waals surface area contributed by atoms with Gasteiger partial charge in [-0.25, -0.2) is 4.79 Å². The first-order valence-electron chi connectivity index (χ1n) is 10.4. The smallest absolute Gasteiger partial charge is 0.325 e. The van der Waals surface area contributed by atoms with Gasteiger partial charge >= 0.3 is 6.03 Å². The van der Waals surface area contributed by atoms with Crippen LogP contribution in [0.15, 0.2) is 42.5 Å². The number of urea groups is 1. The van der Waals surface area contributed by atoms with Crippen molar-refractivity contribution < 1.29 is 23.8 Å². The summed E-state index contributed by atoms with van der Waals surface area (Å²) in [5, 5.41) is 5.60. The van der Waals surface area contributed by atoms with Gasteiger partial charge < -0.3 is 19.5 Å². The Labute approximate surface area is 191 Å². The van der Waals surface area contributed by atoms with Gasteiger partial charge in [0.2, 0.25) is 12.7 Å². The van der Waals surface area contributed by atoms with E-state index in [4.69, 9.17) is 25.8 Å². The van der Waals surface area contributed by atoms with Crippen LogP contribution >= 0.6 is 11.6 Å². The molecule has 0 bridgehead atoms. The summed E-state index contributed by atoms with van der Waals surface area (Å²) in [5.74, 6) is 1.52. The maximum absolute atomic E-state index is 12.2. The van der Waals surface area contributed by atoms with Gasteiger partial charge in [-0.3, -0.25) is 19.9 Å². The molecule has 9 nitrogen and oxygen atoms in total. The molecule has 2 aliphatic rings. The third-order valence-electron chi connectivity index (χ3n) is 5.22. The molecular formula is C22H25ClN4O5. The second-order valence-corrected chi connectivity index (χ2v) is 7.87. The molecule has 170 valence electrons. The predicted molar refractivity (Wildman–Crippen MR) is 120 cm³/mol. The summed E-state index contributed by atoms with van der Waals surface area (Å²) in [4.78, 5) is 28.6. The molecule has 0 spiro atoms. The Morgan fingerprint density at radius 1 is 1.00 bits per heavy atom. The van der Waals surface area contributed by atoms with Gasteiger partial charge in [0.05, 0.1) is 11.6 Å². The summed E-state index contributed by atoms with van der Waals surface area (Å²) in [6, 6.07) is 11.9. The number of fused-ring (bicyclic) bond motifs is 1. The van der Waals surface area contributed by atoms with E-state index in [0.29, 0.717) is 34.6 Å². The fraction of sp³-hybridized carbons (Fsp3) is 0.364. The van der Waals surface area contributed by atoms with E-state index in [2.05, 4.69) is 15.5 Å². The van der Waals surface area contributed by atoms with Gasteiger partial charge in [-0.05, 0) is 24.3 Å². The van der Waals surface area contributed by atoms with E-state index in [-0.39, 0.29) is 19.2 Å². The number of ether oxygens (including phenoxy) is 3. The van der Waals surface area contributed by atoms with Crippen LogP contribution in [-0.2, 0) is 4.79 Å². The maximum Gasteiger partial charge on any atom is 0.325 e. The summed E-state index contributed by atoms with van der Waals surface area (Å²) < 4.78 is 16.3. The van der Waals surface area contributed by atoms with Crippen molar-refractivity contribution in [1.82, 2.24) is 15.1 Å². The van der Waals surface area contributed by atoms with Crippen LogP contribution in [-0.4, -0.2) is 74.4 Å². The average Bonchev–Trinajstić information content (AvgIpc) is 3.24. The zero-order valence-corrected chi connectivity index (χ0v) is 18.3. The number of para-hydroxylation sites is 1. The van der Waals surface area contributed by atoms with Crippen molar-refractivity contribution in [2.75, 3.05) is 58.0 Å². The summed E-state index contributed by atoms with van der Waals surface area (Å²) >= 11 is 6.09. The molecule has 2 aromatic carbocycles. The molecule has 0 atom stereocenters. The Balaban J connectivity index is 1.13. The van der Waals surface area contributed by atoms with E-state index in [1.54, 1.807) is 24.3 Å². The van der Waals surface area contributed by atoms with Gasteiger partial charge in [0.15, 0.2) is 11.5 Å². The lowest BCUT2D eigenvalue weighted by Gasteiger charge is -2.34. The molecule has 2 aromatic rings. The zero-order valence-electron chi connectivity index (χ0n) is 17.5. The largest absolute Gasteiger partial charge is 0.491 e. The van der Waals surface area contributed by atoms with Gasteiger partial charge in [0.1, 0.15) is 12.4 Å². The van der Waals surface area contributed by atoms with Crippen LogP contribution < -0.4 is 24.8 Å². The molecule has 4 rings (SSSR count). The molecule has 1 saturated heterocycles. The van der Waals surface area contributed by atoms with E-state index in [1.807, 2.05) is 23.1 Å². The Morgan fingerprint density at radius 3 is 2.56 bits per heavy atom. The Kier molecular flexibility index (Phi) is 7.31. The van der Waals surface area contributed by atoms with E-state index in [9.17, 15) is 9.59 Å². The second kappa shape index (κ2) is 10.5. The second-order valence-electron chi connectivity index (χ2n) is 7.47. The van der Waals surface area contributed by atoms with Crippen LogP contribution in [0.5, 0.6) is 17.2 Å². The number of rotatable bonds is 7. The van der Waals surface area contributed by atoms with Crippen LogP contribution in [0.3, 0.4) is 0 Å². The average molecular weight is 461 g/mol. The molecule has 2 heterocycles. The third-order valence-corrected chi connectivity index (χ3v) is 5.53. The van der Waals surface area contributed by atoms with Crippen molar-refractivity contribution in [3.05, 3.63) is 47.5 Å². The Morgan fingerprint density at radius 2 is 1.75 bits per heavy atom. The van der Waals surface area contributed by atoms with Crippen molar-refractivity contribution in [1.29, 1.82) is 0 Å². The molecule has 10 heteroatoms. The van der Waals surface area contributed by atoms with E-state index in [0.717, 1.165) is 32.7 Å². The van der Waals surface area contributed by atoms with Crippen LogP contribution in [0, 0.1) is 0 Å². The van der Waals surface area contributed by atoms with Gasteiger partial charge in [0, 0.05) is 44.5 Å². The highest BCUT2D eigenvalue weighted by atomic mass is 35.5. The normalized spacial score (nSPS) is 15.9. The first-order valence-corrected chi connectivity index (χ1v) is 10.8. The number of halogens is 1. The molecule has 0 aliphatic carbocycles. The summed E-state index contributed by atoms with van der Waals surface area (Å²) in [5.41, 5.74) is 0.521. The number of nitrogens with zero attached hydrogens (tertiary/aromatic N) is 2. The minimum absolute atomic E-state index is 0.158. The highest BCUT2D eigenvalue weighted by molar-refractivity contribution is 6.32. The number of hydrogen-bond donors (Lipinski definition) is 2. The number of imide groups is 1. The molecule has 0 radical (unpaired) electrons. The number of benzene rings is 2. The van der Waals surface area contributed by atoms with Crippen molar-refractivity contribution >= 4 is 29.2 Å². The Bertz CT molecular complexity index is 965. The van der Waals surface area contributed by atoms with Crippen molar-refractivity contribution in [3.63, 3.8) is 0 Å². The lowest BCUT2D eigenvalue weighted by atomic mass is 10.3. The topological polar surface area (TPSA) is 92.4 Å². The first kappa shape index (κ1) is 22.2. The number of anilines is 1. The molecule has 3 amide bonds. The lowest BCUT2D eigenvalue weighted by Crippen LogP contribution is -2.51. The van der Waals surface area contributed by atoms with E-state index in [1.165, 1.54) is 0 Å². The lowest BCUT2D eigenvalue weighted by molar-refractivity contribution is -0.121.